The van der Waals surface area contributed by atoms with Gasteiger partial charge < -0.3 is 32.1 Å². The summed E-state index contributed by atoms with van der Waals surface area (Å²) in [5, 5.41) is 20.6. The van der Waals surface area contributed by atoms with Crippen molar-refractivity contribution in [3.05, 3.63) is 0 Å². The van der Waals surface area contributed by atoms with Crippen LogP contribution in [0.1, 0.15) is 53.9 Å². The molecule has 1 aliphatic rings. The lowest BCUT2D eigenvalue weighted by Gasteiger charge is -2.28. The van der Waals surface area contributed by atoms with Crippen LogP contribution < -0.4 is 27.0 Å². The van der Waals surface area contributed by atoms with Crippen molar-refractivity contribution in [2.75, 3.05) is 13.2 Å². The lowest BCUT2D eigenvalue weighted by atomic mass is 9.97. The zero-order valence-corrected chi connectivity index (χ0v) is 19.2. The van der Waals surface area contributed by atoms with Gasteiger partial charge in [0, 0.05) is 12.5 Å². The number of nitrogens with two attached hydrogens (primary N) is 1. The van der Waals surface area contributed by atoms with E-state index < -0.39 is 41.9 Å². The van der Waals surface area contributed by atoms with E-state index in [0.29, 0.717) is 25.8 Å². The van der Waals surface area contributed by atoms with Gasteiger partial charge in [-0.1, -0.05) is 27.7 Å². The van der Waals surface area contributed by atoms with Crippen molar-refractivity contribution in [2.45, 2.75) is 78.0 Å². The van der Waals surface area contributed by atoms with E-state index >= 15 is 0 Å². The molecule has 1 rings (SSSR count). The Bertz CT molecular complexity index is 638. The van der Waals surface area contributed by atoms with Gasteiger partial charge in [0.1, 0.15) is 12.1 Å². The summed E-state index contributed by atoms with van der Waals surface area (Å²) in [5.74, 6) is -1.79. The molecule has 178 valence electrons. The molecule has 1 fully saturated rings. The number of carbonyl (C=O) groups is 4. The molecule has 0 radical (unpaired) electrons. The molecule has 10 nitrogen and oxygen atoms in total. The maximum atomic E-state index is 12.9. The summed E-state index contributed by atoms with van der Waals surface area (Å²) >= 11 is 0. The lowest BCUT2D eigenvalue weighted by Crippen LogP contribution is -2.58. The van der Waals surface area contributed by atoms with E-state index in [1.165, 1.54) is 6.92 Å². The number of rotatable bonds is 12. The van der Waals surface area contributed by atoms with Crippen molar-refractivity contribution in [3.63, 3.8) is 0 Å². The predicted molar refractivity (Wildman–Crippen MR) is 117 cm³/mol. The van der Waals surface area contributed by atoms with Gasteiger partial charge in [0.05, 0.1) is 18.7 Å². The first-order valence-corrected chi connectivity index (χ1v) is 11.0. The molecule has 0 aromatic rings. The number of carbonyl (C=O) groups excluding carboxylic acids is 4. The largest absolute Gasteiger partial charge is 0.394 e. The second-order valence-electron chi connectivity index (χ2n) is 9.11. The smallest absolute Gasteiger partial charge is 0.243 e. The molecule has 1 saturated heterocycles. The molecule has 7 N–H and O–H groups in total. The van der Waals surface area contributed by atoms with Crippen LogP contribution in [0, 0.1) is 17.8 Å². The molecule has 0 aromatic heterocycles. The summed E-state index contributed by atoms with van der Waals surface area (Å²) in [6.07, 6.45) is 1.37. The van der Waals surface area contributed by atoms with Gasteiger partial charge in [-0.15, -0.1) is 0 Å². The minimum Gasteiger partial charge on any atom is -0.394 e. The van der Waals surface area contributed by atoms with Crippen LogP contribution in [0.5, 0.6) is 0 Å². The van der Waals surface area contributed by atoms with Crippen molar-refractivity contribution in [2.24, 2.45) is 23.5 Å². The van der Waals surface area contributed by atoms with Crippen LogP contribution >= 0.6 is 0 Å². The fourth-order valence-corrected chi connectivity index (χ4v) is 3.48. The summed E-state index contributed by atoms with van der Waals surface area (Å²) in [6, 6.07) is -3.03. The Hall–Kier alpha value is -2.20. The van der Waals surface area contributed by atoms with E-state index in [1.807, 2.05) is 13.8 Å². The molecule has 0 bridgehead atoms. The summed E-state index contributed by atoms with van der Waals surface area (Å²) < 4.78 is 0. The number of hydrogen-bond donors (Lipinski definition) is 6. The zero-order chi connectivity index (χ0) is 23.7. The van der Waals surface area contributed by atoms with E-state index in [4.69, 9.17) is 5.73 Å². The maximum absolute atomic E-state index is 12.9. The van der Waals surface area contributed by atoms with Crippen LogP contribution in [0.25, 0.3) is 0 Å². The summed E-state index contributed by atoms with van der Waals surface area (Å²) in [5.41, 5.74) is 5.59. The zero-order valence-electron chi connectivity index (χ0n) is 19.2. The Morgan fingerprint density at radius 2 is 1.71 bits per heavy atom. The molecule has 1 aliphatic heterocycles. The second kappa shape index (κ2) is 12.6. The van der Waals surface area contributed by atoms with Crippen molar-refractivity contribution in [1.82, 2.24) is 21.3 Å². The maximum Gasteiger partial charge on any atom is 0.243 e. The first-order valence-electron chi connectivity index (χ1n) is 11.0. The third kappa shape index (κ3) is 8.82. The standard InChI is InChI=1S/C21H39N5O5/c1-11(2)8-16(25-21(31)17(12(3)4)26-18(28)13(5)22)20(30)24-15(10-27)9-14-6-7-23-19(14)29/h11-17,27H,6-10,22H2,1-5H3,(H,23,29)(H,24,30)(H,25,31)(H,26,28)/t13-,14-,15?,16-,17-/m0/s1. The second-order valence-corrected chi connectivity index (χ2v) is 9.11. The number of aliphatic hydroxyl groups is 1. The highest BCUT2D eigenvalue weighted by Crippen LogP contribution is 2.16. The van der Waals surface area contributed by atoms with Gasteiger partial charge in [0.2, 0.25) is 23.6 Å². The van der Waals surface area contributed by atoms with Gasteiger partial charge in [-0.25, -0.2) is 0 Å². The Morgan fingerprint density at radius 1 is 1.06 bits per heavy atom. The molecule has 0 aliphatic carbocycles. The molecule has 1 heterocycles. The van der Waals surface area contributed by atoms with Crippen LogP contribution in [-0.4, -0.2) is 66.1 Å². The van der Waals surface area contributed by atoms with Gasteiger partial charge in [-0.3, -0.25) is 19.2 Å². The van der Waals surface area contributed by atoms with E-state index in [2.05, 4.69) is 21.3 Å². The van der Waals surface area contributed by atoms with E-state index in [1.54, 1.807) is 13.8 Å². The highest BCUT2D eigenvalue weighted by atomic mass is 16.3. The molecule has 0 saturated carbocycles. The molecular weight excluding hydrogens is 402 g/mol. The highest BCUT2D eigenvalue weighted by molar-refractivity contribution is 5.93. The van der Waals surface area contributed by atoms with E-state index in [-0.39, 0.29) is 30.3 Å². The molecule has 0 aromatic carbocycles. The Labute approximate surface area is 184 Å². The fraction of sp³-hybridized carbons (Fsp3) is 0.810. The molecule has 31 heavy (non-hydrogen) atoms. The monoisotopic (exact) mass is 441 g/mol. The van der Waals surface area contributed by atoms with Crippen molar-refractivity contribution in [3.8, 4) is 0 Å². The SMILES string of the molecule is CC(C)C[C@H](NC(=O)[C@@H](NC(=O)[C@H](C)N)C(C)C)C(=O)NC(CO)C[C@@H]1CCNC1=O. The quantitative estimate of drug-likeness (QED) is 0.228. The Kier molecular flexibility index (Phi) is 10.9. The average molecular weight is 442 g/mol. The highest BCUT2D eigenvalue weighted by Gasteiger charge is 2.32. The van der Waals surface area contributed by atoms with E-state index in [9.17, 15) is 24.3 Å². The van der Waals surface area contributed by atoms with Gasteiger partial charge in [0.15, 0.2) is 0 Å². The molecule has 4 amide bonds. The van der Waals surface area contributed by atoms with Gasteiger partial charge in [-0.2, -0.15) is 0 Å². The first-order chi connectivity index (χ1) is 14.5. The third-order valence-electron chi connectivity index (χ3n) is 5.30. The molecule has 0 spiro atoms. The first kappa shape index (κ1) is 26.8. The van der Waals surface area contributed by atoms with Crippen LogP contribution in [0.2, 0.25) is 0 Å². The topological polar surface area (TPSA) is 163 Å². The number of nitrogens with one attached hydrogen (secondary N) is 4. The van der Waals surface area contributed by atoms with Crippen LogP contribution in [0.3, 0.4) is 0 Å². The minimum atomic E-state index is -0.840. The van der Waals surface area contributed by atoms with Crippen LogP contribution in [-0.2, 0) is 19.2 Å². The molecule has 10 heteroatoms. The van der Waals surface area contributed by atoms with Gasteiger partial charge in [-0.05, 0) is 38.0 Å². The summed E-state index contributed by atoms with van der Waals surface area (Å²) in [4.78, 5) is 49.6. The molecule has 5 atom stereocenters. The summed E-state index contributed by atoms with van der Waals surface area (Å²) in [7, 11) is 0. The predicted octanol–water partition coefficient (Wildman–Crippen LogP) is -0.991. The number of amides is 4. The van der Waals surface area contributed by atoms with Crippen molar-refractivity contribution in [1.29, 1.82) is 0 Å². The average Bonchev–Trinajstić information content (AvgIpc) is 3.08. The minimum absolute atomic E-state index is 0.0793. The molecular formula is C21H39N5O5. The summed E-state index contributed by atoms with van der Waals surface area (Å²) in [6.45, 7) is 9.24. The molecule has 1 unspecified atom stereocenters. The Balaban J connectivity index is 2.84. The Morgan fingerprint density at radius 3 is 2.16 bits per heavy atom. The lowest BCUT2D eigenvalue weighted by molar-refractivity contribution is -0.133. The van der Waals surface area contributed by atoms with Crippen LogP contribution in [0.4, 0.5) is 0 Å². The van der Waals surface area contributed by atoms with Gasteiger partial charge in [0.25, 0.3) is 0 Å². The van der Waals surface area contributed by atoms with Gasteiger partial charge >= 0.3 is 0 Å². The van der Waals surface area contributed by atoms with Crippen molar-refractivity contribution < 1.29 is 24.3 Å². The third-order valence-corrected chi connectivity index (χ3v) is 5.30. The van der Waals surface area contributed by atoms with Crippen LogP contribution in [0.15, 0.2) is 0 Å². The normalized spacial score (nSPS) is 20.0. The van der Waals surface area contributed by atoms with Crippen molar-refractivity contribution >= 4 is 23.6 Å². The number of hydrogen-bond acceptors (Lipinski definition) is 6. The van der Waals surface area contributed by atoms with E-state index in [0.717, 1.165) is 0 Å². The number of aliphatic hydroxyl groups excluding tert-OH is 1. The fourth-order valence-electron chi connectivity index (χ4n) is 3.48.